The van der Waals surface area contributed by atoms with Crippen molar-refractivity contribution in [3.63, 3.8) is 0 Å². The molecular formula is C9H16N2O4. The average Bonchev–Trinajstić information content (AvgIpc) is 2.52. The zero-order chi connectivity index (χ0) is 11.5. The smallest absolute Gasteiger partial charge is 0.332 e. The van der Waals surface area contributed by atoms with Crippen LogP contribution in [-0.2, 0) is 9.53 Å². The van der Waals surface area contributed by atoms with Crippen LogP contribution in [0.5, 0.6) is 0 Å². The van der Waals surface area contributed by atoms with Gasteiger partial charge in [-0.25, -0.2) is 9.59 Å². The molecule has 6 nitrogen and oxygen atoms in total. The van der Waals surface area contributed by atoms with E-state index in [9.17, 15) is 9.59 Å². The van der Waals surface area contributed by atoms with Crippen molar-refractivity contribution in [2.75, 3.05) is 13.2 Å². The fourth-order valence-corrected chi connectivity index (χ4v) is 1.40. The highest BCUT2D eigenvalue weighted by molar-refractivity contribution is 5.86. The van der Waals surface area contributed by atoms with Gasteiger partial charge in [-0.05, 0) is 13.8 Å². The van der Waals surface area contributed by atoms with E-state index in [1.54, 1.807) is 13.8 Å². The predicted octanol–water partition coefficient (Wildman–Crippen LogP) is -0.0623. The number of carbonyl (C=O) groups is 2. The van der Waals surface area contributed by atoms with Crippen molar-refractivity contribution in [3.05, 3.63) is 0 Å². The molecule has 1 heterocycles. The van der Waals surface area contributed by atoms with Gasteiger partial charge in [-0.15, -0.1) is 0 Å². The summed E-state index contributed by atoms with van der Waals surface area (Å²) in [5, 5.41) is 14.1. The van der Waals surface area contributed by atoms with Crippen molar-refractivity contribution in [1.82, 2.24) is 10.6 Å². The van der Waals surface area contributed by atoms with Crippen LogP contribution >= 0.6 is 0 Å². The number of carboxylic acids is 1. The van der Waals surface area contributed by atoms with Crippen molar-refractivity contribution in [2.45, 2.75) is 31.8 Å². The lowest BCUT2D eigenvalue weighted by molar-refractivity contribution is -0.144. The van der Waals surface area contributed by atoms with Gasteiger partial charge in [-0.1, -0.05) is 0 Å². The number of aliphatic carboxylic acids is 1. The number of urea groups is 1. The number of ether oxygens (including phenoxy) is 1. The number of amides is 2. The molecule has 0 radical (unpaired) electrons. The highest BCUT2D eigenvalue weighted by Gasteiger charge is 2.43. The Morgan fingerprint density at radius 1 is 1.47 bits per heavy atom. The lowest BCUT2D eigenvalue weighted by atomic mass is 9.99. The molecule has 0 aromatic carbocycles. The molecule has 15 heavy (non-hydrogen) atoms. The number of carbonyl (C=O) groups excluding carboxylic acids is 1. The Bertz CT molecular complexity index is 259. The van der Waals surface area contributed by atoms with E-state index < -0.39 is 17.5 Å². The summed E-state index contributed by atoms with van der Waals surface area (Å²) < 4.78 is 5.00. The number of hydrogen-bond donors (Lipinski definition) is 3. The highest BCUT2D eigenvalue weighted by Crippen LogP contribution is 2.18. The lowest BCUT2D eigenvalue weighted by Crippen LogP contribution is -2.58. The van der Waals surface area contributed by atoms with Gasteiger partial charge in [0.25, 0.3) is 0 Å². The van der Waals surface area contributed by atoms with Gasteiger partial charge in [-0.2, -0.15) is 0 Å². The third-order valence-corrected chi connectivity index (χ3v) is 2.20. The fraction of sp³-hybridized carbons (Fsp3) is 0.778. The third-order valence-electron chi connectivity index (χ3n) is 2.20. The van der Waals surface area contributed by atoms with E-state index in [1.165, 1.54) is 0 Å². The first-order chi connectivity index (χ1) is 6.96. The molecule has 3 N–H and O–H groups in total. The molecule has 1 unspecified atom stereocenters. The van der Waals surface area contributed by atoms with Crippen LogP contribution in [0.1, 0.15) is 20.3 Å². The maximum atomic E-state index is 11.4. The summed E-state index contributed by atoms with van der Waals surface area (Å²) in [6.07, 6.45) is 0.299. The topological polar surface area (TPSA) is 87.7 Å². The van der Waals surface area contributed by atoms with E-state index in [4.69, 9.17) is 9.84 Å². The molecule has 86 valence electrons. The molecule has 6 heteroatoms. The lowest BCUT2D eigenvalue weighted by Gasteiger charge is -2.24. The van der Waals surface area contributed by atoms with E-state index in [2.05, 4.69) is 10.6 Å². The first-order valence-electron chi connectivity index (χ1n) is 4.86. The van der Waals surface area contributed by atoms with Crippen molar-refractivity contribution in [3.8, 4) is 0 Å². The van der Waals surface area contributed by atoms with Gasteiger partial charge in [0.2, 0.25) is 0 Å². The van der Waals surface area contributed by atoms with E-state index in [0.717, 1.165) is 0 Å². The van der Waals surface area contributed by atoms with Crippen LogP contribution in [0.2, 0.25) is 0 Å². The first kappa shape index (κ1) is 11.8. The molecule has 0 aromatic heterocycles. The second-order valence-corrected chi connectivity index (χ2v) is 3.94. The van der Waals surface area contributed by atoms with Crippen LogP contribution in [0.4, 0.5) is 4.79 Å². The Balaban J connectivity index is 2.59. The SMILES string of the molecule is CC(C)NC(=O)NC1(C(=O)O)CCOC1. The van der Waals surface area contributed by atoms with Gasteiger partial charge in [0.15, 0.2) is 5.54 Å². The van der Waals surface area contributed by atoms with Crippen molar-refractivity contribution >= 4 is 12.0 Å². The van der Waals surface area contributed by atoms with Gasteiger partial charge in [0, 0.05) is 19.1 Å². The minimum atomic E-state index is -1.26. The second kappa shape index (κ2) is 4.48. The largest absolute Gasteiger partial charge is 0.479 e. The molecule has 1 aliphatic rings. The minimum absolute atomic E-state index is 0.0217. The van der Waals surface area contributed by atoms with Crippen LogP contribution in [0.15, 0.2) is 0 Å². The number of hydrogen-bond acceptors (Lipinski definition) is 3. The monoisotopic (exact) mass is 216 g/mol. The summed E-state index contributed by atoms with van der Waals surface area (Å²) in [5.41, 5.74) is -1.26. The zero-order valence-electron chi connectivity index (χ0n) is 8.87. The summed E-state index contributed by atoms with van der Waals surface area (Å²) in [6, 6.07) is -0.504. The maximum Gasteiger partial charge on any atom is 0.332 e. The first-order valence-corrected chi connectivity index (χ1v) is 4.86. The number of carboxylic acid groups (broad SMARTS) is 1. The molecule has 2 amide bonds. The molecule has 1 rings (SSSR count). The second-order valence-electron chi connectivity index (χ2n) is 3.94. The standard InChI is InChI=1S/C9H16N2O4/c1-6(2)10-8(14)11-9(7(12)13)3-4-15-5-9/h6H,3-5H2,1-2H3,(H,12,13)(H2,10,11,14). The molecule has 0 aromatic rings. The zero-order valence-corrected chi connectivity index (χ0v) is 8.87. The fourth-order valence-electron chi connectivity index (χ4n) is 1.40. The Hall–Kier alpha value is -1.30. The summed E-state index contributed by atoms with van der Waals surface area (Å²) in [6.45, 7) is 3.98. The maximum absolute atomic E-state index is 11.4. The Morgan fingerprint density at radius 2 is 2.13 bits per heavy atom. The Labute approximate surface area is 88.0 Å². The molecule has 0 aliphatic carbocycles. The van der Waals surface area contributed by atoms with E-state index >= 15 is 0 Å². The number of rotatable bonds is 3. The molecular weight excluding hydrogens is 200 g/mol. The minimum Gasteiger partial charge on any atom is -0.479 e. The van der Waals surface area contributed by atoms with E-state index in [-0.39, 0.29) is 12.6 Å². The van der Waals surface area contributed by atoms with Gasteiger partial charge in [0.1, 0.15) is 0 Å². The van der Waals surface area contributed by atoms with E-state index in [1.807, 2.05) is 0 Å². The van der Waals surface area contributed by atoms with Crippen LogP contribution in [-0.4, -0.2) is 41.9 Å². The third kappa shape index (κ3) is 2.82. The Morgan fingerprint density at radius 3 is 2.53 bits per heavy atom. The quantitative estimate of drug-likeness (QED) is 0.616. The summed E-state index contributed by atoms with van der Waals surface area (Å²) in [4.78, 5) is 22.4. The van der Waals surface area contributed by atoms with Crippen LogP contribution in [0.3, 0.4) is 0 Å². The molecule has 0 bridgehead atoms. The molecule has 0 saturated carbocycles. The summed E-state index contributed by atoms with van der Waals surface area (Å²) in [5.74, 6) is -1.06. The number of nitrogens with one attached hydrogen (secondary N) is 2. The highest BCUT2D eigenvalue weighted by atomic mass is 16.5. The summed E-state index contributed by atoms with van der Waals surface area (Å²) in [7, 11) is 0. The van der Waals surface area contributed by atoms with Gasteiger partial charge in [0.05, 0.1) is 6.61 Å². The normalized spacial score (nSPS) is 25.3. The molecule has 0 spiro atoms. The average molecular weight is 216 g/mol. The van der Waals surface area contributed by atoms with Crippen molar-refractivity contribution < 1.29 is 19.4 Å². The van der Waals surface area contributed by atoms with Crippen molar-refractivity contribution in [2.24, 2.45) is 0 Å². The van der Waals surface area contributed by atoms with Crippen LogP contribution in [0.25, 0.3) is 0 Å². The molecule has 1 fully saturated rings. The Kier molecular flexibility index (Phi) is 3.52. The van der Waals surface area contributed by atoms with Gasteiger partial charge >= 0.3 is 12.0 Å². The van der Waals surface area contributed by atoms with Crippen LogP contribution < -0.4 is 10.6 Å². The molecule has 1 atom stereocenters. The molecule has 1 aliphatic heterocycles. The van der Waals surface area contributed by atoms with Gasteiger partial charge < -0.3 is 20.5 Å². The van der Waals surface area contributed by atoms with Crippen LogP contribution in [0, 0.1) is 0 Å². The van der Waals surface area contributed by atoms with Crippen molar-refractivity contribution in [1.29, 1.82) is 0 Å². The van der Waals surface area contributed by atoms with Gasteiger partial charge in [-0.3, -0.25) is 0 Å². The molecule has 1 saturated heterocycles. The summed E-state index contributed by atoms with van der Waals surface area (Å²) >= 11 is 0. The predicted molar refractivity (Wildman–Crippen MR) is 52.6 cm³/mol. The van der Waals surface area contributed by atoms with E-state index in [0.29, 0.717) is 13.0 Å².